The van der Waals surface area contributed by atoms with Crippen molar-refractivity contribution in [1.82, 2.24) is 4.57 Å². The second-order valence-corrected chi connectivity index (χ2v) is 9.62. The van der Waals surface area contributed by atoms with Crippen LogP contribution < -0.4 is 0 Å². The molecule has 2 nitrogen and oxygen atoms in total. The molecule has 0 atom stereocenters. The Morgan fingerprint density at radius 1 is 0.515 bits per heavy atom. The Bertz CT molecular complexity index is 2040. The molecule has 8 aromatic rings. The van der Waals surface area contributed by atoms with Gasteiger partial charge in [-0.05, 0) is 36.4 Å². The molecule has 3 aromatic heterocycles. The van der Waals surface area contributed by atoms with E-state index in [-0.39, 0.29) is 0 Å². The van der Waals surface area contributed by atoms with E-state index in [0.29, 0.717) is 0 Å². The van der Waals surface area contributed by atoms with Crippen molar-refractivity contribution in [2.45, 2.75) is 0 Å². The predicted molar refractivity (Wildman–Crippen MR) is 141 cm³/mol. The van der Waals surface area contributed by atoms with Crippen LogP contribution in [0.5, 0.6) is 0 Å². The van der Waals surface area contributed by atoms with Crippen molar-refractivity contribution in [2.75, 3.05) is 0 Å². The highest BCUT2D eigenvalue weighted by Gasteiger charge is 2.20. The van der Waals surface area contributed by atoms with Crippen molar-refractivity contribution in [3.8, 4) is 5.69 Å². The molecule has 0 saturated carbocycles. The molecule has 0 unspecified atom stereocenters. The largest absolute Gasteiger partial charge is 0.454 e. The zero-order valence-electron chi connectivity index (χ0n) is 17.6. The Morgan fingerprint density at radius 2 is 1.27 bits per heavy atom. The van der Waals surface area contributed by atoms with E-state index in [1.54, 1.807) is 0 Å². The van der Waals surface area contributed by atoms with Crippen molar-refractivity contribution in [3.05, 3.63) is 103 Å². The molecule has 3 heterocycles. The maximum absolute atomic E-state index is 6.43. The summed E-state index contributed by atoms with van der Waals surface area (Å²) in [4.78, 5) is 0. The highest BCUT2D eigenvalue weighted by Crippen LogP contribution is 2.44. The van der Waals surface area contributed by atoms with Gasteiger partial charge in [0.15, 0.2) is 5.58 Å². The third-order valence-corrected chi connectivity index (χ3v) is 7.94. The zero-order chi connectivity index (χ0) is 21.5. The van der Waals surface area contributed by atoms with Crippen molar-refractivity contribution in [3.63, 3.8) is 0 Å². The van der Waals surface area contributed by atoms with Crippen LogP contribution in [0.2, 0.25) is 0 Å². The number of thiophene rings is 1. The topological polar surface area (TPSA) is 18.1 Å². The molecular weight excluding hydrogens is 422 g/mol. The summed E-state index contributed by atoms with van der Waals surface area (Å²) in [6.07, 6.45) is 0. The van der Waals surface area contributed by atoms with E-state index in [9.17, 15) is 0 Å². The molecule has 0 spiro atoms. The number of benzene rings is 5. The maximum atomic E-state index is 6.43. The summed E-state index contributed by atoms with van der Waals surface area (Å²) in [7, 11) is 0. The van der Waals surface area contributed by atoms with E-state index in [2.05, 4.69) is 95.6 Å². The number of fused-ring (bicyclic) bond motifs is 10. The van der Waals surface area contributed by atoms with Gasteiger partial charge in [-0.1, -0.05) is 66.7 Å². The van der Waals surface area contributed by atoms with Gasteiger partial charge in [0.05, 0.1) is 16.7 Å². The molecule has 0 N–H and O–H groups in total. The SMILES string of the molecule is c1ccc2c(c1)oc1c(-n3c4ccccc4c4c5c(ccc43)sc3ccccc35)cccc12. The third kappa shape index (κ3) is 2.22. The lowest BCUT2D eigenvalue weighted by molar-refractivity contribution is 0.666. The quantitative estimate of drug-likeness (QED) is 0.249. The number of para-hydroxylation sites is 3. The Labute approximate surface area is 192 Å². The molecule has 3 heteroatoms. The monoisotopic (exact) mass is 439 g/mol. The van der Waals surface area contributed by atoms with E-state index in [1.807, 2.05) is 23.5 Å². The van der Waals surface area contributed by atoms with Crippen LogP contribution in [0.15, 0.2) is 108 Å². The molecule has 0 bridgehead atoms. The maximum Gasteiger partial charge on any atom is 0.159 e. The normalized spacial score (nSPS) is 12.2. The molecule has 0 aliphatic heterocycles. The second-order valence-electron chi connectivity index (χ2n) is 8.54. The number of aromatic nitrogens is 1. The Kier molecular flexibility index (Phi) is 3.31. The molecule has 0 saturated heterocycles. The first-order valence-electron chi connectivity index (χ1n) is 11.1. The minimum Gasteiger partial charge on any atom is -0.454 e. The summed E-state index contributed by atoms with van der Waals surface area (Å²) >= 11 is 1.87. The summed E-state index contributed by atoms with van der Waals surface area (Å²) in [6.45, 7) is 0. The van der Waals surface area contributed by atoms with Crippen LogP contribution >= 0.6 is 11.3 Å². The minimum atomic E-state index is 0.923. The van der Waals surface area contributed by atoms with Gasteiger partial charge in [-0.25, -0.2) is 0 Å². The highest BCUT2D eigenvalue weighted by atomic mass is 32.1. The van der Waals surface area contributed by atoms with E-state index >= 15 is 0 Å². The van der Waals surface area contributed by atoms with Gasteiger partial charge in [0.2, 0.25) is 0 Å². The number of rotatable bonds is 1. The van der Waals surface area contributed by atoms with E-state index in [4.69, 9.17) is 4.42 Å². The first-order chi connectivity index (χ1) is 16.4. The molecule has 0 aliphatic rings. The van der Waals surface area contributed by atoms with Gasteiger partial charge in [-0.2, -0.15) is 0 Å². The fraction of sp³-hybridized carbons (Fsp3) is 0. The zero-order valence-corrected chi connectivity index (χ0v) is 18.4. The number of nitrogens with zero attached hydrogens (tertiary/aromatic N) is 1. The predicted octanol–water partition coefficient (Wildman–Crippen LogP) is 9.05. The Balaban J connectivity index is 1.61. The lowest BCUT2D eigenvalue weighted by Crippen LogP contribution is -1.94. The van der Waals surface area contributed by atoms with E-state index in [0.717, 1.165) is 27.6 Å². The van der Waals surface area contributed by atoms with Gasteiger partial charge in [-0.15, -0.1) is 11.3 Å². The molecule has 33 heavy (non-hydrogen) atoms. The fourth-order valence-corrected chi connectivity index (χ4v) is 6.56. The van der Waals surface area contributed by atoms with Gasteiger partial charge in [0.1, 0.15) is 5.58 Å². The summed E-state index contributed by atoms with van der Waals surface area (Å²) in [5.74, 6) is 0. The second kappa shape index (κ2) is 6.25. The van der Waals surface area contributed by atoms with Crippen LogP contribution in [0, 0.1) is 0 Å². The van der Waals surface area contributed by atoms with Crippen LogP contribution in [0.3, 0.4) is 0 Å². The first kappa shape index (κ1) is 17.5. The van der Waals surface area contributed by atoms with Crippen LogP contribution in [0.1, 0.15) is 0 Å². The molecule has 8 rings (SSSR count). The van der Waals surface area contributed by atoms with Gasteiger partial charge in [0.25, 0.3) is 0 Å². The summed E-state index contributed by atoms with van der Waals surface area (Å²) < 4.78 is 11.5. The average Bonchev–Trinajstić information content (AvgIpc) is 3.53. The summed E-state index contributed by atoms with van der Waals surface area (Å²) in [5.41, 5.74) is 5.33. The van der Waals surface area contributed by atoms with Crippen LogP contribution in [-0.4, -0.2) is 4.57 Å². The van der Waals surface area contributed by atoms with Gasteiger partial charge in [-0.3, -0.25) is 0 Å². The number of hydrogen-bond donors (Lipinski definition) is 0. The van der Waals surface area contributed by atoms with Crippen molar-refractivity contribution in [1.29, 1.82) is 0 Å². The Hall–Kier alpha value is -4.08. The first-order valence-corrected chi connectivity index (χ1v) is 11.9. The lowest BCUT2D eigenvalue weighted by atomic mass is 10.1. The fourth-order valence-electron chi connectivity index (χ4n) is 5.44. The average molecular weight is 440 g/mol. The van der Waals surface area contributed by atoms with Crippen LogP contribution in [0.25, 0.3) is 69.6 Å². The molecule has 0 amide bonds. The van der Waals surface area contributed by atoms with Crippen molar-refractivity contribution in [2.24, 2.45) is 0 Å². The highest BCUT2D eigenvalue weighted by molar-refractivity contribution is 7.26. The molecule has 0 fully saturated rings. The van der Waals surface area contributed by atoms with Crippen LogP contribution in [0.4, 0.5) is 0 Å². The van der Waals surface area contributed by atoms with Gasteiger partial charge >= 0.3 is 0 Å². The minimum absolute atomic E-state index is 0.923. The van der Waals surface area contributed by atoms with Gasteiger partial charge < -0.3 is 8.98 Å². The summed E-state index contributed by atoms with van der Waals surface area (Å²) in [6, 6.07) is 36.8. The number of hydrogen-bond acceptors (Lipinski definition) is 2. The van der Waals surface area contributed by atoms with Crippen LogP contribution in [-0.2, 0) is 0 Å². The number of furan rings is 1. The van der Waals surface area contributed by atoms with Crippen molar-refractivity contribution >= 4 is 75.3 Å². The van der Waals surface area contributed by atoms with E-state index < -0.39 is 0 Å². The third-order valence-electron chi connectivity index (χ3n) is 6.80. The standard InChI is InChI=1S/C30H17NOS/c1-4-12-22-20(9-1)28-23(16-17-27-29(28)21-10-3-6-15-26(21)33-27)31(22)24-13-7-11-19-18-8-2-5-14-25(18)32-30(19)24/h1-17H. The van der Waals surface area contributed by atoms with Crippen molar-refractivity contribution < 1.29 is 4.42 Å². The van der Waals surface area contributed by atoms with E-state index in [1.165, 1.54) is 42.0 Å². The smallest absolute Gasteiger partial charge is 0.159 e. The lowest BCUT2D eigenvalue weighted by Gasteiger charge is -2.08. The molecule has 0 aliphatic carbocycles. The molecular formula is C30H17NOS. The molecule has 0 radical (unpaired) electrons. The molecule has 5 aromatic carbocycles. The summed E-state index contributed by atoms with van der Waals surface area (Å²) in [5, 5.41) is 7.56. The Morgan fingerprint density at radius 3 is 2.21 bits per heavy atom. The van der Waals surface area contributed by atoms with Gasteiger partial charge in [0, 0.05) is 41.7 Å². The molecule has 154 valence electrons.